The molecule has 0 saturated heterocycles. The van der Waals surface area contributed by atoms with Crippen molar-refractivity contribution >= 4 is 23.2 Å². The number of hydrogen-bond donors (Lipinski definition) is 2. The molecule has 112 valence electrons. The van der Waals surface area contributed by atoms with Crippen LogP contribution in [0.2, 0.25) is 10.0 Å². The second kappa shape index (κ2) is 8.20. The quantitative estimate of drug-likeness (QED) is 0.821. The molecule has 21 heavy (non-hydrogen) atoms. The van der Waals surface area contributed by atoms with Crippen LogP contribution in [0.3, 0.4) is 0 Å². The molecule has 0 radical (unpaired) electrons. The lowest BCUT2D eigenvalue weighted by Gasteiger charge is -2.13. The maximum absolute atomic E-state index is 9.85. The van der Waals surface area contributed by atoms with E-state index in [0.717, 1.165) is 5.56 Å². The zero-order valence-electron chi connectivity index (χ0n) is 11.3. The normalized spacial score (nSPS) is 12.1. The van der Waals surface area contributed by atoms with E-state index in [-0.39, 0.29) is 6.61 Å². The van der Waals surface area contributed by atoms with E-state index in [4.69, 9.17) is 27.9 Å². The number of hydrogen-bond acceptors (Lipinski definition) is 4. The van der Waals surface area contributed by atoms with E-state index in [1.165, 1.54) is 0 Å². The fraction of sp³-hybridized carbons (Fsp3) is 0.267. The van der Waals surface area contributed by atoms with Gasteiger partial charge in [0.25, 0.3) is 0 Å². The standard InChI is InChI=1S/C15H16Cl2N2O2/c16-14-2-1-13(7-15(14)17)21-10-12(20)9-19-8-11-3-5-18-6-4-11/h1-7,12,19-20H,8-10H2. The van der Waals surface area contributed by atoms with Crippen LogP contribution in [0.4, 0.5) is 0 Å². The molecule has 2 aromatic rings. The summed E-state index contributed by atoms with van der Waals surface area (Å²) in [4.78, 5) is 3.95. The van der Waals surface area contributed by atoms with Crippen molar-refractivity contribution in [1.82, 2.24) is 10.3 Å². The predicted octanol–water partition coefficient (Wildman–Crippen LogP) is 2.92. The summed E-state index contributed by atoms with van der Waals surface area (Å²) < 4.78 is 5.46. The second-order valence-corrected chi connectivity index (χ2v) is 5.34. The molecule has 0 saturated carbocycles. The van der Waals surface area contributed by atoms with Crippen LogP contribution in [-0.4, -0.2) is 29.3 Å². The summed E-state index contributed by atoms with van der Waals surface area (Å²) in [7, 11) is 0. The molecule has 0 aliphatic rings. The molecule has 0 aliphatic carbocycles. The summed E-state index contributed by atoms with van der Waals surface area (Å²) in [6.07, 6.45) is 2.86. The number of ether oxygens (including phenoxy) is 1. The summed E-state index contributed by atoms with van der Waals surface area (Å²) in [5, 5.41) is 13.9. The van der Waals surface area contributed by atoms with Crippen LogP contribution >= 0.6 is 23.2 Å². The van der Waals surface area contributed by atoms with Gasteiger partial charge in [-0.3, -0.25) is 4.98 Å². The van der Waals surface area contributed by atoms with E-state index in [2.05, 4.69) is 10.3 Å². The van der Waals surface area contributed by atoms with Gasteiger partial charge < -0.3 is 15.2 Å². The van der Waals surface area contributed by atoms with Crippen molar-refractivity contribution in [2.24, 2.45) is 0 Å². The van der Waals surface area contributed by atoms with Crippen LogP contribution in [0.15, 0.2) is 42.7 Å². The Morgan fingerprint density at radius 2 is 1.90 bits per heavy atom. The Balaban J connectivity index is 1.69. The number of pyridine rings is 1. The van der Waals surface area contributed by atoms with Crippen LogP contribution in [0.1, 0.15) is 5.56 Å². The molecule has 1 atom stereocenters. The molecule has 0 aliphatic heterocycles. The van der Waals surface area contributed by atoms with Crippen molar-refractivity contribution in [1.29, 1.82) is 0 Å². The lowest BCUT2D eigenvalue weighted by molar-refractivity contribution is 0.106. The Hall–Kier alpha value is -1.33. The lowest BCUT2D eigenvalue weighted by Crippen LogP contribution is -2.31. The molecule has 0 bridgehead atoms. The van der Waals surface area contributed by atoms with Crippen LogP contribution in [-0.2, 0) is 6.54 Å². The van der Waals surface area contributed by atoms with E-state index in [0.29, 0.717) is 28.9 Å². The Morgan fingerprint density at radius 3 is 2.62 bits per heavy atom. The van der Waals surface area contributed by atoms with Crippen LogP contribution in [0.25, 0.3) is 0 Å². The van der Waals surface area contributed by atoms with Crippen LogP contribution in [0, 0.1) is 0 Å². The van der Waals surface area contributed by atoms with Crippen molar-refractivity contribution in [2.45, 2.75) is 12.6 Å². The van der Waals surface area contributed by atoms with Gasteiger partial charge in [-0.15, -0.1) is 0 Å². The van der Waals surface area contributed by atoms with Gasteiger partial charge in [-0.25, -0.2) is 0 Å². The highest BCUT2D eigenvalue weighted by Crippen LogP contribution is 2.26. The first-order chi connectivity index (χ1) is 10.1. The molecule has 0 fully saturated rings. The average Bonchev–Trinajstić information content (AvgIpc) is 2.49. The second-order valence-electron chi connectivity index (χ2n) is 4.53. The first kappa shape index (κ1) is 16.0. The van der Waals surface area contributed by atoms with Crippen molar-refractivity contribution < 1.29 is 9.84 Å². The van der Waals surface area contributed by atoms with Crippen molar-refractivity contribution in [3.05, 3.63) is 58.3 Å². The van der Waals surface area contributed by atoms with E-state index < -0.39 is 6.10 Å². The van der Waals surface area contributed by atoms with Gasteiger partial charge in [0.15, 0.2) is 0 Å². The zero-order chi connectivity index (χ0) is 15.1. The molecule has 2 N–H and O–H groups in total. The fourth-order valence-electron chi connectivity index (χ4n) is 1.70. The minimum Gasteiger partial charge on any atom is -0.491 e. The third kappa shape index (κ3) is 5.52. The predicted molar refractivity (Wildman–Crippen MR) is 83.9 cm³/mol. The molecule has 4 nitrogen and oxygen atoms in total. The first-order valence-corrected chi connectivity index (χ1v) is 7.26. The molecule has 1 heterocycles. The SMILES string of the molecule is OC(CNCc1ccncc1)COc1ccc(Cl)c(Cl)c1. The maximum Gasteiger partial charge on any atom is 0.121 e. The Kier molecular flexibility index (Phi) is 6.26. The van der Waals surface area contributed by atoms with Crippen molar-refractivity contribution in [2.75, 3.05) is 13.2 Å². The minimum absolute atomic E-state index is 0.182. The van der Waals surface area contributed by atoms with Crippen molar-refractivity contribution in [3.8, 4) is 5.75 Å². The minimum atomic E-state index is -0.610. The third-order valence-corrected chi connectivity index (χ3v) is 3.53. The van der Waals surface area contributed by atoms with Gasteiger partial charge in [0, 0.05) is 31.5 Å². The molecule has 2 rings (SSSR count). The monoisotopic (exact) mass is 326 g/mol. The Morgan fingerprint density at radius 1 is 1.14 bits per heavy atom. The van der Waals surface area contributed by atoms with Crippen molar-refractivity contribution in [3.63, 3.8) is 0 Å². The molecule has 6 heteroatoms. The highest BCUT2D eigenvalue weighted by molar-refractivity contribution is 6.42. The van der Waals surface area contributed by atoms with Gasteiger partial charge in [0.1, 0.15) is 18.5 Å². The first-order valence-electron chi connectivity index (χ1n) is 6.50. The number of aliphatic hydroxyl groups excluding tert-OH is 1. The maximum atomic E-state index is 9.85. The molecule has 1 aromatic heterocycles. The summed E-state index contributed by atoms with van der Waals surface area (Å²) in [5.74, 6) is 0.581. The molecule has 0 amide bonds. The van der Waals surface area contributed by atoms with Gasteiger partial charge in [-0.05, 0) is 29.8 Å². The van der Waals surface area contributed by atoms with Gasteiger partial charge in [0.05, 0.1) is 10.0 Å². The van der Waals surface area contributed by atoms with Gasteiger partial charge in [0.2, 0.25) is 0 Å². The number of aromatic nitrogens is 1. The van der Waals surface area contributed by atoms with Gasteiger partial charge in [-0.2, -0.15) is 0 Å². The summed E-state index contributed by atoms with van der Waals surface area (Å²) >= 11 is 11.7. The topological polar surface area (TPSA) is 54.4 Å². The highest BCUT2D eigenvalue weighted by atomic mass is 35.5. The smallest absolute Gasteiger partial charge is 0.121 e. The number of nitrogens with zero attached hydrogens (tertiary/aromatic N) is 1. The van der Waals surface area contributed by atoms with Crippen LogP contribution in [0.5, 0.6) is 5.75 Å². The zero-order valence-corrected chi connectivity index (χ0v) is 12.8. The average molecular weight is 327 g/mol. The Labute approximate surface area is 133 Å². The highest BCUT2D eigenvalue weighted by Gasteiger charge is 2.06. The summed E-state index contributed by atoms with van der Waals surface area (Å²) in [6.45, 7) is 1.29. The largest absolute Gasteiger partial charge is 0.491 e. The number of benzene rings is 1. The van der Waals surface area contributed by atoms with E-state index in [1.54, 1.807) is 30.6 Å². The molecule has 1 aromatic carbocycles. The van der Waals surface area contributed by atoms with E-state index in [9.17, 15) is 5.11 Å². The summed E-state index contributed by atoms with van der Waals surface area (Å²) in [5.41, 5.74) is 1.11. The molecular weight excluding hydrogens is 311 g/mol. The lowest BCUT2D eigenvalue weighted by atomic mass is 10.2. The summed E-state index contributed by atoms with van der Waals surface area (Å²) in [6, 6.07) is 8.84. The molecule has 0 spiro atoms. The van der Waals surface area contributed by atoms with E-state index in [1.807, 2.05) is 12.1 Å². The third-order valence-electron chi connectivity index (χ3n) is 2.79. The Bertz CT molecular complexity index is 567. The van der Waals surface area contributed by atoms with Gasteiger partial charge >= 0.3 is 0 Å². The van der Waals surface area contributed by atoms with E-state index >= 15 is 0 Å². The fourth-order valence-corrected chi connectivity index (χ4v) is 1.99. The van der Waals surface area contributed by atoms with Gasteiger partial charge in [-0.1, -0.05) is 23.2 Å². The number of halogens is 2. The van der Waals surface area contributed by atoms with Crippen LogP contribution < -0.4 is 10.1 Å². The molecule has 1 unspecified atom stereocenters. The number of nitrogens with one attached hydrogen (secondary N) is 1. The molecular formula is C15H16Cl2N2O2. The number of rotatable bonds is 7. The number of aliphatic hydroxyl groups is 1.